The summed E-state index contributed by atoms with van der Waals surface area (Å²) in [6.07, 6.45) is 2.58. The fourth-order valence-corrected chi connectivity index (χ4v) is 2.47. The third-order valence-electron chi connectivity index (χ3n) is 3.36. The number of fused-ring (bicyclic) bond motifs is 1. The largest absolute Gasteiger partial charge is 0.458 e. The first kappa shape index (κ1) is 11.1. The van der Waals surface area contributed by atoms with Crippen molar-refractivity contribution in [2.45, 2.75) is 39.3 Å². The second kappa shape index (κ2) is 4.04. The summed E-state index contributed by atoms with van der Waals surface area (Å²) < 4.78 is 5.87. The van der Waals surface area contributed by atoms with Crippen molar-refractivity contribution >= 4 is 22.6 Å². The Balaban J connectivity index is 2.01. The van der Waals surface area contributed by atoms with E-state index in [4.69, 9.17) is 16.0 Å². The van der Waals surface area contributed by atoms with Crippen molar-refractivity contribution in [2.75, 3.05) is 0 Å². The number of aryl methyl sites for hydroxylation is 2. The second-order valence-electron chi connectivity index (χ2n) is 4.93. The number of halogens is 1. The van der Waals surface area contributed by atoms with Crippen LogP contribution in [0.4, 0.5) is 0 Å². The molecule has 0 spiro atoms. The molecule has 0 unspecified atom stereocenters. The molecule has 1 fully saturated rings. The summed E-state index contributed by atoms with van der Waals surface area (Å²) in [7, 11) is 0. The summed E-state index contributed by atoms with van der Waals surface area (Å²) in [5.74, 6) is 1.01. The number of nitrogens with one attached hydrogen (secondary N) is 1. The monoisotopic (exact) mass is 249 g/mol. The minimum atomic E-state index is 0.694. The van der Waals surface area contributed by atoms with E-state index in [0.717, 1.165) is 23.3 Å². The molecule has 17 heavy (non-hydrogen) atoms. The van der Waals surface area contributed by atoms with Crippen LogP contribution in [0.5, 0.6) is 0 Å². The second-order valence-corrected chi connectivity index (χ2v) is 5.34. The van der Waals surface area contributed by atoms with E-state index >= 15 is 0 Å². The van der Waals surface area contributed by atoms with Crippen molar-refractivity contribution in [1.29, 1.82) is 0 Å². The number of benzene rings is 1. The molecule has 1 aliphatic rings. The van der Waals surface area contributed by atoms with Crippen LogP contribution < -0.4 is 5.32 Å². The van der Waals surface area contributed by atoms with E-state index in [1.165, 1.54) is 24.0 Å². The van der Waals surface area contributed by atoms with Crippen molar-refractivity contribution in [2.24, 2.45) is 0 Å². The van der Waals surface area contributed by atoms with Crippen LogP contribution in [-0.2, 0) is 6.54 Å². The Morgan fingerprint density at radius 1 is 1.35 bits per heavy atom. The van der Waals surface area contributed by atoms with Crippen LogP contribution in [0.1, 0.15) is 29.7 Å². The number of hydrogen-bond donors (Lipinski definition) is 1. The Bertz CT molecular complexity index is 569. The molecule has 2 nitrogen and oxygen atoms in total. The van der Waals surface area contributed by atoms with Crippen LogP contribution in [0.25, 0.3) is 11.0 Å². The lowest BCUT2D eigenvalue weighted by molar-refractivity contribution is 0.509. The summed E-state index contributed by atoms with van der Waals surface area (Å²) in [6.45, 7) is 4.96. The van der Waals surface area contributed by atoms with Crippen LogP contribution in [0.15, 0.2) is 16.5 Å². The molecule has 90 valence electrons. The normalized spacial score (nSPS) is 15.7. The van der Waals surface area contributed by atoms with E-state index in [1.54, 1.807) is 0 Å². The van der Waals surface area contributed by atoms with Crippen molar-refractivity contribution < 1.29 is 4.42 Å². The molecule has 0 saturated heterocycles. The van der Waals surface area contributed by atoms with Gasteiger partial charge in [-0.2, -0.15) is 0 Å². The zero-order valence-electron chi connectivity index (χ0n) is 10.1. The van der Waals surface area contributed by atoms with Gasteiger partial charge in [-0.15, -0.1) is 0 Å². The van der Waals surface area contributed by atoms with E-state index in [1.807, 2.05) is 6.07 Å². The topological polar surface area (TPSA) is 25.2 Å². The molecule has 0 radical (unpaired) electrons. The first-order chi connectivity index (χ1) is 8.15. The lowest BCUT2D eigenvalue weighted by Gasteiger charge is -1.99. The van der Waals surface area contributed by atoms with Gasteiger partial charge in [-0.3, -0.25) is 0 Å². The van der Waals surface area contributed by atoms with E-state index in [0.29, 0.717) is 11.1 Å². The molecule has 3 rings (SSSR count). The molecule has 1 saturated carbocycles. The number of furan rings is 1. The van der Waals surface area contributed by atoms with Gasteiger partial charge >= 0.3 is 0 Å². The lowest BCUT2D eigenvalue weighted by Crippen LogP contribution is -2.15. The molecular weight excluding hydrogens is 234 g/mol. The highest BCUT2D eigenvalue weighted by molar-refractivity contribution is 6.35. The van der Waals surface area contributed by atoms with Gasteiger partial charge in [-0.25, -0.2) is 0 Å². The molecule has 3 heteroatoms. The fourth-order valence-electron chi connectivity index (χ4n) is 2.15. The van der Waals surface area contributed by atoms with Crippen molar-refractivity contribution in [3.05, 3.63) is 34.0 Å². The number of rotatable bonds is 3. The molecule has 1 heterocycles. The van der Waals surface area contributed by atoms with Gasteiger partial charge in [0.25, 0.3) is 0 Å². The summed E-state index contributed by atoms with van der Waals surface area (Å²) in [5.41, 5.74) is 3.20. The predicted molar refractivity (Wildman–Crippen MR) is 70.6 cm³/mol. The Morgan fingerprint density at radius 2 is 2.12 bits per heavy atom. The Hall–Kier alpha value is -0.990. The van der Waals surface area contributed by atoms with Gasteiger partial charge in [0.1, 0.15) is 5.76 Å². The third-order valence-corrected chi connectivity index (χ3v) is 3.64. The van der Waals surface area contributed by atoms with Crippen LogP contribution in [-0.4, -0.2) is 6.04 Å². The zero-order valence-corrected chi connectivity index (χ0v) is 10.9. The molecule has 0 atom stereocenters. The van der Waals surface area contributed by atoms with Crippen LogP contribution in [0.3, 0.4) is 0 Å². The van der Waals surface area contributed by atoms with Crippen molar-refractivity contribution in [3.8, 4) is 0 Å². The molecule has 1 N–H and O–H groups in total. The van der Waals surface area contributed by atoms with Gasteiger partial charge in [-0.05, 0) is 49.9 Å². The van der Waals surface area contributed by atoms with E-state index in [9.17, 15) is 0 Å². The maximum atomic E-state index is 6.21. The quantitative estimate of drug-likeness (QED) is 0.891. The minimum Gasteiger partial charge on any atom is -0.458 e. The average Bonchev–Trinajstić information content (AvgIpc) is 3.04. The predicted octanol–water partition coefficient (Wildman–Crippen LogP) is 3.96. The van der Waals surface area contributed by atoms with Gasteiger partial charge in [0.05, 0.1) is 11.6 Å². The standard InChI is InChI=1S/C14H16ClNO/c1-8-5-11-9(2)13(7-16-10-3-4-10)17-14(11)12(15)6-8/h5-6,10,16H,3-4,7H2,1-2H3. The highest BCUT2D eigenvalue weighted by Crippen LogP contribution is 2.32. The Kier molecular flexibility index (Phi) is 2.64. The van der Waals surface area contributed by atoms with Gasteiger partial charge in [0.2, 0.25) is 0 Å². The highest BCUT2D eigenvalue weighted by atomic mass is 35.5. The first-order valence-electron chi connectivity index (χ1n) is 6.06. The van der Waals surface area contributed by atoms with Crippen LogP contribution in [0.2, 0.25) is 5.02 Å². The molecule has 0 bridgehead atoms. The first-order valence-corrected chi connectivity index (χ1v) is 6.44. The van der Waals surface area contributed by atoms with Gasteiger partial charge in [0.15, 0.2) is 5.58 Å². The smallest absolute Gasteiger partial charge is 0.153 e. The molecule has 1 aromatic heterocycles. The third kappa shape index (κ3) is 2.07. The maximum absolute atomic E-state index is 6.21. The summed E-state index contributed by atoms with van der Waals surface area (Å²) >= 11 is 6.21. The Labute approximate surface area is 106 Å². The van der Waals surface area contributed by atoms with Crippen molar-refractivity contribution in [1.82, 2.24) is 5.32 Å². The van der Waals surface area contributed by atoms with E-state index in [-0.39, 0.29) is 0 Å². The fraction of sp³-hybridized carbons (Fsp3) is 0.429. The Morgan fingerprint density at radius 3 is 2.82 bits per heavy atom. The van der Waals surface area contributed by atoms with E-state index in [2.05, 4.69) is 25.2 Å². The summed E-state index contributed by atoms with van der Waals surface area (Å²) in [6, 6.07) is 4.78. The van der Waals surface area contributed by atoms with Crippen molar-refractivity contribution in [3.63, 3.8) is 0 Å². The molecule has 0 aliphatic heterocycles. The molecular formula is C14H16ClNO. The van der Waals surface area contributed by atoms with Gasteiger partial charge < -0.3 is 9.73 Å². The van der Waals surface area contributed by atoms with E-state index < -0.39 is 0 Å². The molecule has 1 aromatic carbocycles. The molecule has 1 aliphatic carbocycles. The highest BCUT2D eigenvalue weighted by Gasteiger charge is 2.21. The zero-order chi connectivity index (χ0) is 12.0. The van der Waals surface area contributed by atoms with Gasteiger partial charge in [0, 0.05) is 11.4 Å². The van der Waals surface area contributed by atoms with Gasteiger partial charge in [-0.1, -0.05) is 11.6 Å². The minimum absolute atomic E-state index is 0.694. The number of hydrogen-bond acceptors (Lipinski definition) is 2. The van der Waals surface area contributed by atoms with Crippen LogP contribution >= 0.6 is 11.6 Å². The lowest BCUT2D eigenvalue weighted by atomic mass is 10.1. The van der Waals surface area contributed by atoms with Crippen LogP contribution in [0, 0.1) is 13.8 Å². The summed E-state index contributed by atoms with van der Waals surface area (Å²) in [4.78, 5) is 0. The summed E-state index contributed by atoms with van der Waals surface area (Å²) in [5, 5.41) is 5.32. The molecule has 0 amide bonds. The SMILES string of the molecule is Cc1cc(Cl)c2oc(CNC3CC3)c(C)c2c1. The molecule has 2 aromatic rings. The average molecular weight is 250 g/mol. The maximum Gasteiger partial charge on any atom is 0.153 e.